The molecule has 0 spiro atoms. The van der Waals surface area contributed by atoms with E-state index in [1.54, 1.807) is 18.3 Å². The van der Waals surface area contributed by atoms with Crippen molar-refractivity contribution in [2.75, 3.05) is 0 Å². The Hall–Kier alpha value is -1.38. The SMILES string of the molecule is [c]1nc2ncccc2o1. The smallest absolute Gasteiger partial charge is 0.286 e. The van der Waals surface area contributed by atoms with Gasteiger partial charge >= 0.3 is 0 Å². The van der Waals surface area contributed by atoms with E-state index in [1.807, 2.05) is 0 Å². The van der Waals surface area contributed by atoms with Crippen molar-refractivity contribution in [3.05, 3.63) is 24.7 Å². The van der Waals surface area contributed by atoms with Crippen LogP contribution in [-0.4, -0.2) is 9.97 Å². The van der Waals surface area contributed by atoms with Crippen LogP contribution in [0.1, 0.15) is 0 Å². The van der Waals surface area contributed by atoms with E-state index in [2.05, 4.69) is 16.4 Å². The van der Waals surface area contributed by atoms with E-state index >= 15 is 0 Å². The summed E-state index contributed by atoms with van der Waals surface area (Å²) >= 11 is 0. The maximum absolute atomic E-state index is 4.82. The van der Waals surface area contributed by atoms with Gasteiger partial charge in [0, 0.05) is 6.20 Å². The molecule has 2 rings (SSSR count). The Morgan fingerprint density at radius 3 is 3.44 bits per heavy atom. The summed E-state index contributed by atoms with van der Waals surface area (Å²) in [7, 11) is 0. The van der Waals surface area contributed by atoms with Crippen LogP contribution in [0.4, 0.5) is 0 Å². The molecule has 9 heavy (non-hydrogen) atoms. The van der Waals surface area contributed by atoms with Crippen molar-refractivity contribution >= 4 is 11.2 Å². The minimum absolute atomic E-state index is 0.609. The molecule has 0 fully saturated rings. The zero-order valence-electron chi connectivity index (χ0n) is 4.53. The van der Waals surface area contributed by atoms with Gasteiger partial charge in [-0.3, -0.25) is 0 Å². The van der Waals surface area contributed by atoms with E-state index < -0.39 is 0 Å². The van der Waals surface area contributed by atoms with Crippen molar-refractivity contribution in [2.45, 2.75) is 0 Å². The minimum atomic E-state index is 0.609. The van der Waals surface area contributed by atoms with Gasteiger partial charge in [-0.05, 0) is 12.1 Å². The summed E-state index contributed by atoms with van der Waals surface area (Å²) in [6.45, 7) is 0. The summed E-state index contributed by atoms with van der Waals surface area (Å²) in [5, 5.41) is 0. The summed E-state index contributed by atoms with van der Waals surface area (Å²) in [5.74, 6) is 0. The molecule has 2 aromatic heterocycles. The first-order valence-corrected chi connectivity index (χ1v) is 2.54. The molecule has 0 atom stereocenters. The number of hydrogen-bond donors (Lipinski definition) is 0. The third-order valence-corrected chi connectivity index (χ3v) is 1.06. The van der Waals surface area contributed by atoms with Crippen molar-refractivity contribution in [2.24, 2.45) is 0 Å². The van der Waals surface area contributed by atoms with Gasteiger partial charge in [0.25, 0.3) is 6.39 Å². The predicted octanol–water partition coefficient (Wildman–Crippen LogP) is 1.02. The topological polar surface area (TPSA) is 38.9 Å². The van der Waals surface area contributed by atoms with Crippen molar-refractivity contribution in [3.8, 4) is 0 Å². The van der Waals surface area contributed by atoms with E-state index in [1.165, 1.54) is 0 Å². The van der Waals surface area contributed by atoms with Crippen molar-refractivity contribution < 1.29 is 4.42 Å². The summed E-state index contributed by atoms with van der Waals surface area (Å²) in [4.78, 5) is 7.62. The average Bonchev–Trinajstić information content (AvgIpc) is 2.33. The Kier molecular flexibility index (Phi) is 0.773. The number of pyridine rings is 1. The third kappa shape index (κ3) is 0.579. The number of aromatic nitrogens is 2. The number of fused-ring (bicyclic) bond motifs is 1. The van der Waals surface area contributed by atoms with Crippen LogP contribution in [0.25, 0.3) is 11.2 Å². The highest BCUT2D eigenvalue weighted by Crippen LogP contribution is 2.05. The molecular weight excluding hydrogens is 116 g/mol. The second kappa shape index (κ2) is 1.55. The molecule has 1 radical (unpaired) electrons. The molecule has 2 aromatic rings. The van der Waals surface area contributed by atoms with E-state index in [-0.39, 0.29) is 0 Å². The average molecular weight is 119 g/mol. The Morgan fingerprint density at radius 1 is 1.56 bits per heavy atom. The molecule has 0 aliphatic rings. The molecule has 0 aliphatic heterocycles. The Morgan fingerprint density at radius 2 is 2.56 bits per heavy atom. The van der Waals surface area contributed by atoms with E-state index in [0.717, 1.165) is 0 Å². The second-order valence-corrected chi connectivity index (χ2v) is 1.63. The van der Waals surface area contributed by atoms with Gasteiger partial charge < -0.3 is 4.42 Å². The fourth-order valence-corrected chi connectivity index (χ4v) is 0.661. The van der Waals surface area contributed by atoms with E-state index in [9.17, 15) is 0 Å². The lowest BCUT2D eigenvalue weighted by Gasteiger charge is -1.78. The summed E-state index contributed by atoms with van der Waals surface area (Å²) in [6, 6.07) is 3.59. The zero-order chi connectivity index (χ0) is 6.10. The fraction of sp³-hybridized carbons (Fsp3) is 0. The molecule has 0 unspecified atom stereocenters. The molecule has 0 amide bonds. The lowest BCUT2D eigenvalue weighted by Crippen LogP contribution is -1.70. The molecule has 0 saturated heterocycles. The molecule has 43 valence electrons. The summed E-state index contributed by atoms with van der Waals surface area (Å²) in [5.41, 5.74) is 1.29. The summed E-state index contributed by atoms with van der Waals surface area (Å²) in [6.07, 6.45) is 4.02. The van der Waals surface area contributed by atoms with Crippen LogP contribution in [-0.2, 0) is 0 Å². The molecule has 3 nitrogen and oxygen atoms in total. The summed E-state index contributed by atoms with van der Waals surface area (Å²) < 4.78 is 4.82. The Balaban J connectivity index is 2.95. The molecule has 3 heteroatoms. The van der Waals surface area contributed by atoms with E-state index in [4.69, 9.17) is 4.42 Å². The van der Waals surface area contributed by atoms with Gasteiger partial charge in [-0.1, -0.05) is 0 Å². The molecule has 0 N–H and O–H groups in total. The highest BCUT2D eigenvalue weighted by molar-refractivity contribution is 5.65. The van der Waals surface area contributed by atoms with Crippen LogP contribution in [0.2, 0.25) is 0 Å². The van der Waals surface area contributed by atoms with Crippen LogP contribution < -0.4 is 0 Å². The zero-order valence-corrected chi connectivity index (χ0v) is 4.53. The first-order valence-electron chi connectivity index (χ1n) is 2.54. The normalized spacial score (nSPS) is 10.2. The maximum atomic E-state index is 4.82. The number of rotatable bonds is 0. The van der Waals surface area contributed by atoms with Crippen LogP contribution >= 0.6 is 0 Å². The van der Waals surface area contributed by atoms with Crippen LogP contribution in [0.15, 0.2) is 22.7 Å². The van der Waals surface area contributed by atoms with E-state index in [0.29, 0.717) is 11.2 Å². The van der Waals surface area contributed by atoms with Gasteiger partial charge in [0.05, 0.1) is 0 Å². The molecule has 0 bridgehead atoms. The van der Waals surface area contributed by atoms with Crippen molar-refractivity contribution in [3.63, 3.8) is 0 Å². The molecule has 0 aromatic carbocycles. The number of nitrogens with zero attached hydrogens (tertiary/aromatic N) is 2. The van der Waals surface area contributed by atoms with Crippen LogP contribution in [0.5, 0.6) is 0 Å². The molecule has 0 saturated carbocycles. The highest BCUT2D eigenvalue weighted by Gasteiger charge is 1.94. The van der Waals surface area contributed by atoms with Crippen molar-refractivity contribution in [1.82, 2.24) is 9.97 Å². The van der Waals surface area contributed by atoms with Gasteiger partial charge in [-0.25, -0.2) is 4.98 Å². The third-order valence-electron chi connectivity index (χ3n) is 1.06. The first kappa shape index (κ1) is 4.49. The predicted molar refractivity (Wildman–Crippen MR) is 30.6 cm³/mol. The molecular formula is C6H3N2O. The fourth-order valence-electron chi connectivity index (χ4n) is 0.661. The maximum Gasteiger partial charge on any atom is 0.286 e. The number of oxazole rings is 1. The van der Waals surface area contributed by atoms with Gasteiger partial charge in [0.15, 0.2) is 11.2 Å². The van der Waals surface area contributed by atoms with Crippen LogP contribution in [0, 0.1) is 6.39 Å². The Bertz CT molecular complexity index is 285. The number of hydrogen-bond acceptors (Lipinski definition) is 3. The van der Waals surface area contributed by atoms with Gasteiger partial charge in [-0.2, -0.15) is 4.98 Å². The lowest BCUT2D eigenvalue weighted by molar-refractivity contribution is 0.591. The lowest BCUT2D eigenvalue weighted by atomic mass is 10.5. The van der Waals surface area contributed by atoms with Crippen LogP contribution in [0.3, 0.4) is 0 Å². The standard InChI is InChI=1S/C6H3N2O/c1-2-5-6(7-3-1)8-4-9-5/h1-3H. The van der Waals surface area contributed by atoms with Gasteiger partial charge in [-0.15, -0.1) is 0 Å². The Labute approximate surface area is 51.3 Å². The second-order valence-electron chi connectivity index (χ2n) is 1.63. The first-order chi connectivity index (χ1) is 4.47. The van der Waals surface area contributed by atoms with Gasteiger partial charge in [0.2, 0.25) is 0 Å². The van der Waals surface area contributed by atoms with Crippen molar-refractivity contribution in [1.29, 1.82) is 0 Å². The molecule has 2 heterocycles. The van der Waals surface area contributed by atoms with Gasteiger partial charge in [0.1, 0.15) is 0 Å². The quantitative estimate of drug-likeness (QED) is 0.519. The molecule has 0 aliphatic carbocycles. The largest absolute Gasteiger partial charge is 0.431 e. The highest BCUT2D eigenvalue weighted by atomic mass is 16.3. The monoisotopic (exact) mass is 119 g/mol. The minimum Gasteiger partial charge on any atom is -0.431 e.